The normalized spacial score (nSPS) is 11.6. The molecule has 10 rings (SSSR count). The van der Waals surface area contributed by atoms with E-state index in [9.17, 15) is 0 Å². The summed E-state index contributed by atoms with van der Waals surface area (Å²) in [5.74, 6) is 1.84. The van der Waals surface area contributed by atoms with Gasteiger partial charge in [-0.25, -0.2) is 15.0 Å². The van der Waals surface area contributed by atoms with Gasteiger partial charge in [-0.05, 0) is 58.7 Å². The van der Waals surface area contributed by atoms with E-state index >= 15 is 0 Å². The summed E-state index contributed by atoms with van der Waals surface area (Å²) in [5.41, 5.74) is 8.96. The average molecular weight is 658 g/mol. The fourth-order valence-electron chi connectivity index (χ4n) is 6.90. The maximum absolute atomic E-state index is 6.25. The van der Waals surface area contributed by atoms with Crippen molar-refractivity contribution in [1.82, 2.24) is 15.0 Å². The summed E-state index contributed by atoms with van der Waals surface area (Å²) < 4.78 is 8.84. The first-order valence-corrected chi connectivity index (χ1v) is 17.4. The average Bonchev–Trinajstić information content (AvgIpc) is 3.76. The predicted octanol–water partition coefficient (Wildman–Crippen LogP) is 12.5. The van der Waals surface area contributed by atoms with Gasteiger partial charge in [0.1, 0.15) is 11.2 Å². The number of fused-ring (bicyclic) bond motifs is 6. The first-order chi connectivity index (χ1) is 24.7. The van der Waals surface area contributed by atoms with E-state index < -0.39 is 0 Å². The molecule has 4 nitrogen and oxygen atoms in total. The lowest BCUT2D eigenvalue weighted by atomic mass is 10.0. The fourth-order valence-corrected chi connectivity index (χ4v) is 7.99. The van der Waals surface area contributed by atoms with E-state index in [0.717, 1.165) is 55.3 Å². The molecule has 0 saturated carbocycles. The lowest BCUT2D eigenvalue weighted by Crippen LogP contribution is -2.00. The van der Waals surface area contributed by atoms with Crippen molar-refractivity contribution < 1.29 is 4.42 Å². The van der Waals surface area contributed by atoms with Gasteiger partial charge in [-0.1, -0.05) is 127 Å². The molecule has 5 heteroatoms. The number of para-hydroxylation sites is 1. The van der Waals surface area contributed by atoms with E-state index in [1.165, 1.54) is 25.7 Å². The van der Waals surface area contributed by atoms with E-state index in [-0.39, 0.29) is 0 Å². The van der Waals surface area contributed by atoms with Crippen molar-refractivity contribution >= 4 is 53.4 Å². The van der Waals surface area contributed by atoms with Gasteiger partial charge in [0.15, 0.2) is 17.5 Å². The van der Waals surface area contributed by atoms with Crippen molar-refractivity contribution in [3.8, 4) is 56.4 Å². The van der Waals surface area contributed by atoms with Gasteiger partial charge in [0.05, 0.1) is 0 Å². The van der Waals surface area contributed by atoms with Crippen LogP contribution in [-0.4, -0.2) is 15.0 Å². The molecular weight excluding hydrogens is 631 g/mol. The van der Waals surface area contributed by atoms with E-state index in [2.05, 4.69) is 127 Å². The minimum atomic E-state index is 0.603. The van der Waals surface area contributed by atoms with Crippen molar-refractivity contribution in [2.45, 2.75) is 0 Å². The van der Waals surface area contributed by atoms with Crippen LogP contribution in [0.3, 0.4) is 0 Å². The van der Waals surface area contributed by atoms with Crippen LogP contribution in [0.2, 0.25) is 0 Å². The maximum atomic E-state index is 6.25. The summed E-state index contributed by atoms with van der Waals surface area (Å²) in [7, 11) is 0. The molecule has 3 heterocycles. The zero-order chi connectivity index (χ0) is 33.0. The molecule has 10 aromatic rings. The lowest BCUT2D eigenvalue weighted by Gasteiger charge is -2.11. The smallest absolute Gasteiger partial charge is 0.164 e. The van der Waals surface area contributed by atoms with Crippen molar-refractivity contribution in [2.24, 2.45) is 0 Å². The molecule has 0 N–H and O–H groups in total. The van der Waals surface area contributed by atoms with Crippen LogP contribution >= 0.6 is 11.3 Å². The van der Waals surface area contributed by atoms with Gasteiger partial charge in [0.25, 0.3) is 0 Å². The summed E-state index contributed by atoms with van der Waals surface area (Å²) in [4.78, 5) is 15.4. The molecule has 0 aliphatic heterocycles. The molecule has 0 saturated heterocycles. The molecule has 234 valence electrons. The molecule has 0 radical (unpaired) electrons. The number of benzene rings is 7. The van der Waals surface area contributed by atoms with Crippen LogP contribution in [0, 0.1) is 0 Å². The topological polar surface area (TPSA) is 51.8 Å². The Hall–Kier alpha value is -6.43. The quantitative estimate of drug-likeness (QED) is 0.185. The summed E-state index contributed by atoms with van der Waals surface area (Å²) >= 11 is 1.83. The molecule has 0 aliphatic rings. The highest BCUT2D eigenvalue weighted by atomic mass is 32.1. The van der Waals surface area contributed by atoms with E-state index in [1.807, 2.05) is 47.7 Å². The molecular formula is C45H27N3OS. The number of hydrogen-bond acceptors (Lipinski definition) is 5. The van der Waals surface area contributed by atoms with Crippen LogP contribution in [0.1, 0.15) is 0 Å². The summed E-state index contributed by atoms with van der Waals surface area (Å²) in [6.45, 7) is 0. The molecule has 0 spiro atoms. The highest BCUT2D eigenvalue weighted by Gasteiger charge is 2.18. The van der Waals surface area contributed by atoms with Crippen LogP contribution < -0.4 is 0 Å². The summed E-state index contributed by atoms with van der Waals surface area (Å²) in [6, 6.07) is 56.9. The zero-order valence-corrected chi connectivity index (χ0v) is 27.6. The Morgan fingerprint density at radius 1 is 0.360 bits per heavy atom. The first kappa shape index (κ1) is 28.6. The molecule has 7 aromatic carbocycles. The second-order valence-corrected chi connectivity index (χ2v) is 13.5. The van der Waals surface area contributed by atoms with Gasteiger partial charge in [-0.3, -0.25) is 0 Å². The third kappa shape index (κ3) is 4.87. The largest absolute Gasteiger partial charge is 0.456 e. The predicted molar refractivity (Wildman–Crippen MR) is 207 cm³/mol. The Balaban J connectivity index is 1.14. The fraction of sp³-hybridized carbons (Fsp3) is 0. The Morgan fingerprint density at radius 2 is 0.940 bits per heavy atom. The zero-order valence-electron chi connectivity index (χ0n) is 26.7. The van der Waals surface area contributed by atoms with Gasteiger partial charge in [0, 0.05) is 47.6 Å². The Bertz CT molecular complexity index is 2870. The second kappa shape index (κ2) is 11.6. The minimum absolute atomic E-state index is 0.603. The Kier molecular flexibility index (Phi) is 6.64. The number of hydrogen-bond donors (Lipinski definition) is 0. The highest BCUT2D eigenvalue weighted by molar-refractivity contribution is 7.25. The molecule has 0 atom stereocenters. The van der Waals surface area contributed by atoms with E-state index in [1.54, 1.807) is 0 Å². The monoisotopic (exact) mass is 657 g/mol. The Labute approximate surface area is 292 Å². The number of thiophene rings is 1. The Morgan fingerprint density at radius 3 is 1.82 bits per heavy atom. The number of nitrogens with zero attached hydrogens (tertiary/aromatic N) is 3. The van der Waals surface area contributed by atoms with Crippen LogP contribution in [0.5, 0.6) is 0 Å². The second-order valence-electron chi connectivity index (χ2n) is 12.4. The summed E-state index contributed by atoms with van der Waals surface area (Å²) in [5, 5.41) is 4.59. The third-order valence-electron chi connectivity index (χ3n) is 9.36. The van der Waals surface area contributed by atoms with E-state index in [0.29, 0.717) is 17.5 Å². The molecule has 3 aromatic heterocycles. The van der Waals surface area contributed by atoms with Gasteiger partial charge in [0.2, 0.25) is 0 Å². The van der Waals surface area contributed by atoms with Crippen LogP contribution in [0.25, 0.3) is 98.5 Å². The van der Waals surface area contributed by atoms with Gasteiger partial charge in [-0.15, -0.1) is 11.3 Å². The highest BCUT2D eigenvalue weighted by Crippen LogP contribution is 2.39. The maximum Gasteiger partial charge on any atom is 0.164 e. The molecule has 0 aliphatic carbocycles. The van der Waals surface area contributed by atoms with Crippen LogP contribution in [-0.2, 0) is 0 Å². The minimum Gasteiger partial charge on any atom is -0.456 e. The molecule has 0 bridgehead atoms. The number of rotatable bonds is 5. The third-order valence-corrected chi connectivity index (χ3v) is 10.5. The van der Waals surface area contributed by atoms with Crippen LogP contribution in [0.4, 0.5) is 0 Å². The first-order valence-electron chi connectivity index (χ1n) is 16.6. The van der Waals surface area contributed by atoms with Crippen molar-refractivity contribution in [3.05, 3.63) is 164 Å². The van der Waals surface area contributed by atoms with Crippen molar-refractivity contribution in [2.75, 3.05) is 0 Å². The molecule has 0 fully saturated rings. The molecule has 0 unspecified atom stereocenters. The lowest BCUT2D eigenvalue weighted by molar-refractivity contribution is 0.669. The van der Waals surface area contributed by atoms with Gasteiger partial charge >= 0.3 is 0 Å². The summed E-state index contributed by atoms with van der Waals surface area (Å²) in [6.07, 6.45) is 0. The molecule has 50 heavy (non-hydrogen) atoms. The number of furan rings is 1. The SMILES string of the molecule is c1ccc(-c2ccc(-c3nc(-c4cccc(-c5ccc6sc7ccccc7c6c5)c4)nc(-c4cccc5oc6ccccc6c45)n3)cc2)cc1. The van der Waals surface area contributed by atoms with Crippen LogP contribution in [0.15, 0.2) is 168 Å². The standard InChI is InChI=1S/C45H27N3OS/c1-2-10-28(11-3-1)29-20-22-30(23-21-29)43-46-44(48-45(47-43)36-16-9-18-39-42(36)35-15-4-6-17-38(35)49-39)33-13-8-12-31(26-33)32-24-25-41-37(27-32)34-14-5-7-19-40(34)50-41/h1-27H. The molecule has 0 amide bonds. The van der Waals surface area contributed by atoms with E-state index in [4.69, 9.17) is 19.4 Å². The van der Waals surface area contributed by atoms with Gasteiger partial charge in [-0.2, -0.15) is 0 Å². The van der Waals surface area contributed by atoms with Crippen molar-refractivity contribution in [3.63, 3.8) is 0 Å². The van der Waals surface area contributed by atoms with Crippen molar-refractivity contribution in [1.29, 1.82) is 0 Å². The van der Waals surface area contributed by atoms with Gasteiger partial charge < -0.3 is 4.42 Å². The number of aromatic nitrogens is 3.